The summed E-state index contributed by atoms with van der Waals surface area (Å²) < 4.78 is 23.2. The van der Waals surface area contributed by atoms with Gasteiger partial charge in [-0.25, -0.2) is 4.39 Å². The molecule has 0 aliphatic heterocycles. The predicted molar refractivity (Wildman–Crippen MR) is 77.9 cm³/mol. The van der Waals surface area contributed by atoms with Crippen LogP contribution in [0.2, 0.25) is 0 Å². The lowest BCUT2D eigenvalue weighted by Crippen LogP contribution is -2.35. The second-order valence-electron chi connectivity index (χ2n) is 4.30. The van der Waals surface area contributed by atoms with Gasteiger partial charge in [-0.15, -0.1) is 12.6 Å². The molecule has 0 spiro atoms. The van der Waals surface area contributed by atoms with Crippen molar-refractivity contribution < 1.29 is 18.7 Å². The molecule has 0 aliphatic carbocycles. The van der Waals surface area contributed by atoms with E-state index in [0.29, 0.717) is 31.9 Å². The van der Waals surface area contributed by atoms with Gasteiger partial charge in [0.05, 0.1) is 6.61 Å². The molecule has 4 nitrogen and oxygen atoms in total. The van der Waals surface area contributed by atoms with Gasteiger partial charge in [0.2, 0.25) is 0 Å². The number of thiol groups is 1. The maximum atomic E-state index is 13.2. The van der Waals surface area contributed by atoms with E-state index in [0.717, 1.165) is 6.42 Å². The first-order chi connectivity index (χ1) is 9.60. The standard InChI is InChI=1S/C14H20FNO3S/c1-18-8-3-6-16(7-9-19-2)14(17)11-4-5-12(15)13(20)10-11/h4-5,10,20H,3,6-9H2,1-2H3. The lowest BCUT2D eigenvalue weighted by Gasteiger charge is -2.22. The molecule has 0 aromatic heterocycles. The summed E-state index contributed by atoms with van der Waals surface area (Å²) in [6.07, 6.45) is 0.737. The van der Waals surface area contributed by atoms with Gasteiger partial charge in [-0.2, -0.15) is 0 Å². The summed E-state index contributed by atoms with van der Waals surface area (Å²) in [5.41, 5.74) is 0.421. The molecule has 0 aliphatic rings. The minimum atomic E-state index is -0.437. The van der Waals surface area contributed by atoms with Gasteiger partial charge in [-0.3, -0.25) is 4.79 Å². The van der Waals surface area contributed by atoms with Crippen LogP contribution in [0.1, 0.15) is 16.8 Å². The first-order valence-electron chi connectivity index (χ1n) is 6.35. The van der Waals surface area contributed by atoms with E-state index in [9.17, 15) is 9.18 Å². The Morgan fingerprint density at radius 3 is 2.55 bits per heavy atom. The summed E-state index contributed by atoms with van der Waals surface area (Å²) in [7, 11) is 3.20. The molecule has 1 amide bonds. The van der Waals surface area contributed by atoms with E-state index in [-0.39, 0.29) is 10.8 Å². The fourth-order valence-electron chi connectivity index (χ4n) is 1.74. The molecule has 1 aromatic carbocycles. The Labute approximate surface area is 124 Å². The van der Waals surface area contributed by atoms with Crippen LogP contribution in [0.4, 0.5) is 4.39 Å². The van der Waals surface area contributed by atoms with E-state index in [1.807, 2.05) is 0 Å². The summed E-state index contributed by atoms with van der Waals surface area (Å²) in [5, 5.41) is 0. The van der Waals surface area contributed by atoms with Crippen LogP contribution in [0.5, 0.6) is 0 Å². The van der Waals surface area contributed by atoms with E-state index in [1.165, 1.54) is 18.2 Å². The number of rotatable bonds is 8. The minimum absolute atomic E-state index is 0.159. The second kappa shape index (κ2) is 8.94. The van der Waals surface area contributed by atoms with Gasteiger partial charge in [0.25, 0.3) is 5.91 Å². The molecule has 6 heteroatoms. The van der Waals surface area contributed by atoms with Crippen LogP contribution in [0.25, 0.3) is 0 Å². The predicted octanol–water partition coefficient (Wildman–Crippen LogP) is 2.24. The second-order valence-corrected chi connectivity index (χ2v) is 4.78. The maximum Gasteiger partial charge on any atom is 0.253 e. The molecule has 0 N–H and O–H groups in total. The highest BCUT2D eigenvalue weighted by molar-refractivity contribution is 7.80. The Kier molecular flexibility index (Phi) is 7.58. The zero-order chi connectivity index (χ0) is 15.0. The number of hydrogen-bond acceptors (Lipinski definition) is 4. The summed E-state index contributed by atoms with van der Waals surface area (Å²) in [6, 6.07) is 4.16. The van der Waals surface area contributed by atoms with Crippen LogP contribution in [0.3, 0.4) is 0 Å². The lowest BCUT2D eigenvalue weighted by atomic mass is 10.2. The van der Waals surface area contributed by atoms with Gasteiger partial charge >= 0.3 is 0 Å². The van der Waals surface area contributed by atoms with E-state index in [2.05, 4.69) is 12.6 Å². The fraction of sp³-hybridized carbons (Fsp3) is 0.500. The van der Waals surface area contributed by atoms with Crippen LogP contribution < -0.4 is 0 Å². The summed E-state index contributed by atoms with van der Waals surface area (Å²) >= 11 is 4.00. The van der Waals surface area contributed by atoms with Gasteiger partial charge in [-0.05, 0) is 24.6 Å². The zero-order valence-electron chi connectivity index (χ0n) is 11.8. The average molecular weight is 301 g/mol. The molecule has 0 bridgehead atoms. The smallest absolute Gasteiger partial charge is 0.253 e. The topological polar surface area (TPSA) is 38.8 Å². The molecule has 0 atom stereocenters. The molecule has 0 saturated carbocycles. The lowest BCUT2D eigenvalue weighted by molar-refractivity contribution is 0.0674. The van der Waals surface area contributed by atoms with Gasteiger partial charge in [-0.1, -0.05) is 0 Å². The minimum Gasteiger partial charge on any atom is -0.385 e. The number of carbonyl (C=O) groups excluding carboxylic acids is 1. The van der Waals surface area contributed by atoms with Crippen molar-refractivity contribution in [3.05, 3.63) is 29.6 Å². The number of ether oxygens (including phenoxy) is 2. The van der Waals surface area contributed by atoms with Gasteiger partial charge in [0.1, 0.15) is 5.82 Å². The van der Waals surface area contributed by atoms with E-state index in [1.54, 1.807) is 19.1 Å². The molecule has 1 rings (SSSR count). The normalized spacial score (nSPS) is 10.6. The Bertz CT molecular complexity index is 442. The summed E-state index contributed by atoms with van der Waals surface area (Å²) in [6.45, 7) is 2.08. The van der Waals surface area contributed by atoms with Crippen molar-refractivity contribution in [1.29, 1.82) is 0 Å². The zero-order valence-corrected chi connectivity index (χ0v) is 12.7. The monoisotopic (exact) mass is 301 g/mol. The fourth-order valence-corrected chi connectivity index (χ4v) is 1.96. The number of halogens is 1. The Balaban J connectivity index is 2.76. The first kappa shape index (κ1) is 16.9. The first-order valence-corrected chi connectivity index (χ1v) is 6.80. The Morgan fingerprint density at radius 2 is 1.95 bits per heavy atom. The van der Waals surface area contributed by atoms with Crippen molar-refractivity contribution in [1.82, 2.24) is 4.90 Å². The molecule has 0 saturated heterocycles. The van der Waals surface area contributed by atoms with E-state index >= 15 is 0 Å². The molecule has 0 unspecified atom stereocenters. The number of hydrogen-bond donors (Lipinski definition) is 1. The molecule has 0 fully saturated rings. The highest BCUT2D eigenvalue weighted by atomic mass is 32.1. The number of amides is 1. The number of methoxy groups -OCH3 is 2. The number of benzene rings is 1. The van der Waals surface area contributed by atoms with Crippen molar-refractivity contribution in [2.75, 3.05) is 40.5 Å². The third-order valence-electron chi connectivity index (χ3n) is 2.82. The van der Waals surface area contributed by atoms with Crippen molar-refractivity contribution >= 4 is 18.5 Å². The number of carbonyl (C=O) groups is 1. The van der Waals surface area contributed by atoms with Gasteiger partial charge in [0.15, 0.2) is 0 Å². The quantitative estimate of drug-likeness (QED) is 0.591. The van der Waals surface area contributed by atoms with Crippen molar-refractivity contribution in [2.24, 2.45) is 0 Å². The molecular weight excluding hydrogens is 281 g/mol. The van der Waals surface area contributed by atoms with Crippen LogP contribution in [-0.2, 0) is 9.47 Å². The molecule has 112 valence electrons. The third kappa shape index (κ3) is 5.11. The highest BCUT2D eigenvalue weighted by Gasteiger charge is 2.16. The molecular formula is C14H20FNO3S. The summed E-state index contributed by atoms with van der Waals surface area (Å²) in [4.78, 5) is 14.2. The molecule has 1 aromatic rings. The largest absolute Gasteiger partial charge is 0.385 e. The average Bonchev–Trinajstić information content (AvgIpc) is 2.45. The van der Waals surface area contributed by atoms with Crippen LogP contribution in [0, 0.1) is 5.82 Å². The Morgan fingerprint density at radius 1 is 1.25 bits per heavy atom. The molecule has 20 heavy (non-hydrogen) atoms. The van der Waals surface area contributed by atoms with Crippen LogP contribution in [-0.4, -0.2) is 51.3 Å². The van der Waals surface area contributed by atoms with Crippen LogP contribution >= 0.6 is 12.6 Å². The van der Waals surface area contributed by atoms with Crippen molar-refractivity contribution in [2.45, 2.75) is 11.3 Å². The van der Waals surface area contributed by atoms with E-state index < -0.39 is 5.82 Å². The highest BCUT2D eigenvalue weighted by Crippen LogP contribution is 2.16. The van der Waals surface area contributed by atoms with Crippen molar-refractivity contribution in [3.8, 4) is 0 Å². The Hall–Kier alpha value is -1.11. The van der Waals surface area contributed by atoms with Gasteiger partial charge < -0.3 is 14.4 Å². The van der Waals surface area contributed by atoms with E-state index in [4.69, 9.17) is 9.47 Å². The maximum absolute atomic E-state index is 13.2. The molecule has 0 radical (unpaired) electrons. The summed E-state index contributed by atoms with van der Waals surface area (Å²) in [5.74, 6) is -0.596. The molecule has 0 heterocycles. The van der Waals surface area contributed by atoms with Gasteiger partial charge in [0, 0.05) is 44.4 Å². The van der Waals surface area contributed by atoms with Crippen LogP contribution in [0.15, 0.2) is 23.1 Å². The van der Waals surface area contributed by atoms with Crippen molar-refractivity contribution in [3.63, 3.8) is 0 Å². The SMILES string of the molecule is COCCCN(CCOC)C(=O)c1ccc(F)c(S)c1. The number of nitrogens with zero attached hydrogens (tertiary/aromatic N) is 1. The third-order valence-corrected chi connectivity index (χ3v) is 3.16.